The molecule has 2 aromatic rings. The molecule has 6 heteroatoms. The molecule has 0 unspecified atom stereocenters. The first-order chi connectivity index (χ1) is 10.1. The molecule has 1 heterocycles. The summed E-state index contributed by atoms with van der Waals surface area (Å²) in [6.07, 6.45) is 1.48. The van der Waals surface area contributed by atoms with Gasteiger partial charge in [0.25, 0.3) is 11.8 Å². The Morgan fingerprint density at radius 1 is 1.10 bits per heavy atom. The highest BCUT2D eigenvalue weighted by atomic mass is 35.5. The summed E-state index contributed by atoms with van der Waals surface area (Å²) in [7, 11) is 1.58. The number of hydrogen-bond acceptors (Lipinski definition) is 3. The maximum absolute atomic E-state index is 11.9. The number of carbonyl (C=O) groups excluding carboxylic acids is 2. The number of nitrogens with one attached hydrogen (secondary N) is 2. The highest BCUT2D eigenvalue weighted by molar-refractivity contribution is 6.29. The third-order valence-electron chi connectivity index (χ3n) is 2.89. The van der Waals surface area contributed by atoms with Crippen LogP contribution < -0.4 is 10.6 Å². The van der Waals surface area contributed by atoms with Crippen LogP contribution in [0.25, 0.3) is 0 Å². The molecule has 0 aliphatic rings. The monoisotopic (exact) mass is 303 g/mol. The summed E-state index contributed by atoms with van der Waals surface area (Å²) in [5.41, 5.74) is 1.93. The van der Waals surface area contributed by atoms with Gasteiger partial charge in [0, 0.05) is 30.9 Å². The Morgan fingerprint density at radius 2 is 1.81 bits per heavy atom. The van der Waals surface area contributed by atoms with E-state index in [1.165, 1.54) is 12.3 Å². The summed E-state index contributed by atoms with van der Waals surface area (Å²) in [5.74, 6) is -0.369. The normalized spacial score (nSPS) is 10.0. The second-order valence-corrected chi connectivity index (χ2v) is 4.71. The Kier molecular flexibility index (Phi) is 4.90. The lowest BCUT2D eigenvalue weighted by Gasteiger charge is -2.06. The summed E-state index contributed by atoms with van der Waals surface area (Å²) in [4.78, 5) is 27.2. The van der Waals surface area contributed by atoms with E-state index in [1.54, 1.807) is 37.4 Å². The van der Waals surface area contributed by atoms with E-state index in [-0.39, 0.29) is 17.0 Å². The van der Waals surface area contributed by atoms with Gasteiger partial charge in [-0.05, 0) is 29.8 Å². The first-order valence-corrected chi connectivity index (χ1v) is 6.68. The Bertz CT molecular complexity index is 656. The van der Waals surface area contributed by atoms with Crippen LogP contribution in [0.1, 0.15) is 26.3 Å². The highest BCUT2D eigenvalue weighted by Crippen LogP contribution is 2.08. The van der Waals surface area contributed by atoms with Crippen molar-refractivity contribution in [2.75, 3.05) is 7.05 Å². The van der Waals surface area contributed by atoms with Crippen LogP contribution in [0.2, 0.25) is 5.15 Å². The molecule has 0 saturated carbocycles. The van der Waals surface area contributed by atoms with Crippen molar-refractivity contribution in [3.05, 3.63) is 64.4 Å². The van der Waals surface area contributed by atoms with Gasteiger partial charge in [0.1, 0.15) is 5.15 Å². The molecule has 0 saturated heterocycles. The van der Waals surface area contributed by atoms with Gasteiger partial charge in [-0.1, -0.05) is 23.7 Å². The van der Waals surface area contributed by atoms with Crippen LogP contribution in [0.3, 0.4) is 0 Å². The van der Waals surface area contributed by atoms with Crippen molar-refractivity contribution in [3.63, 3.8) is 0 Å². The van der Waals surface area contributed by atoms with Crippen molar-refractivity contribution in [2.24, 2.45) is 0 Å². The number of halogens is 1. The molecule has 0 atom stereocenters. The predicted octanol–water partition coefficient (Wildman–Crippen LogP) is 2.02. The number of carbonyl (C=O) groups is 2. The van der Waals surface area contributed by atoms with E-state index in [2.05, 4.69) is 15.6 Å². The number of rotatable bonds is 4. The topological polar surface area (TPSA) is 71.1 Å². The molecule has 21 heavy (non-hydrogen) atoms. The summed E-state index contributed by atoms with van der Waals surface area (Å²) in [5, 5.41) is 5.61. The average molecular weight is 304 g/mol. The van der Waals surface area contributed by atoms with Gasteiger partial charge in [-0.2, -0.15) is 0 Å². The van der Waals surface area contributed by atoms with Crippen molar-refractivity contribution < 1.29 is 9.59 Å². The van der Waals surface area contributed by atoms with E-state index in [0.29, 0.717) is 17.7 Å². The van der Waals surface area contributed by atoms with Crippen LogP contribution >= 0.6 is 11.6 Å². The van der Waals surface area contributed by atoms with Crippen LogP contribution in [-0.2, 0) is 6.54 Å². The van der Waals surface area contributed by atoms with Gasteiger partial charge in [0.2, 0.25) is 0 Å². The van der Waals surface area contributed by atoms with Crippen LogP contribution in [0.15, 0.2) is 42.6 Å². The SMILES string of the molecule is CNC(=O)c1ccc(CNC(=O)c2ccnc(Cl)c2)cc1. The Morgan fingerprint density at radius 3 is 2.43 bits per heavy atom. The zero-order chi connectivity index (χ0) is 15.2. The van der Waals surface area contributed by atoms with Crippen molar-refractivity contribution in [1.82, 2.24) is 15.6 Å². The highest BCUT2D eigenvalue weighted by Gasteiger charge is 2.07. The summed E-state index contributed by atoms with van der Waals surface area (Å²) in [6, 6.07) is 10.1. The zero-order valence-corrected chi connectivity index (χ0v) is 12.1. The summed E-state index contributed by atoms with van der Waals surface area (Å²) >= 11 is 5.74. The summed E-state index contributed by atoms with van der Waals surface area (Å²) < 4.78 is 0. The molecular weight excluding hydrogens is 290 g/mol. The molecule has 2 amide bonds. The molecular formula is C15H14ClN3O2. The fourth-order valence-corrected chi connectivity index (χ4v) is 1.92. The molecule has 0 aliphatic heterocycles. The number of aromatic nitrogens is 1. The molecule has 2 N–H and O–H groups in total. The van der Waals surface area contributed by atoms with Crippen LogP contribution in [-0.4, -0.2) is 23.8 Å². The minimum atomic E-state index is -0.227. The lowest BCUT2D eigenvalue weighted by molar-refractivity contribution is 0.0946. The second kappa shape index (κ2) is 6.85. The molecule has 0 aliphatic carbocycles. The maximum Gasteiger partial charge on any atom is 0.251 e. The van der Waals surface area contributed by atoms with Crippen LogP contribution in [0.5, 0.6) is 0 Å². The van der Waals surface area contributed by atoms with Gasteiger partial charge in [0.05, 0.1) is 0 Å². The van der Waals surface area contributed by atoms with Crippen molar-refractivity contribution in [3.8, 4) is 0 Å². The molecule has 0 spiro atoms. The van der Waals surface area contributed by atoms with E-state index in [0.717, 1.165) is 5.56 Å². The predicted molar refractivity (Wildman–Crippen MR) is 80.2 cm³/mol. The molecule has 108 valence electrons. The van der Waals surface area contributed by atoms with Crippen molar-refractivity contribution >= 4 is 23.4 Å². The van der Waals surface area contributed by atoms with Gasteiger partial charge in [-0.25, -0.2) is 4.98 Å². The fourth-order valence-electron chi connectivity index (χ4n) is 1.75. The van der Waals surface area contributed by atoms with E-state index in [9.17, 15) is 9.59 Å². The van der Waals surface area contributed by atoms with E-state index >= 15 is 0 Å². The number of hydrogen-bond donors (Lipinski definition) is 2. The molecule has 2 rings (SSSR count). The number of amides is 2. The van der Waals surface area contributed by atoms with E-state index < -0.39 is 0 Å². The third-order valence-corrected chi connectivity index (χ3v) is 3.09. The Hall–Kier alpha value is -2.40. The van der Waals surface area contributed by atoms with Gasteiger partial charge < -0.3 is 10.6 Å². The third kappa shape index (κ3) is 4.03. The molecule has 1 aromatic carbocycles. The molecule has 0 radical (unpaired) electrons. The minimum absolute atomic E-state index is 0.142. The van der Waals surface area contributed by atoms with Gasteiger partial charge in [-0.15, -0.1) is 0 Å². The quantitative estimate of drug-likeness (QED) is 0.849. The van der Waals surface area contributed by atoms with Gasteiger partial charge in [0.15, 0.2) is 0 Å². The van der Waals surface area contributed by atoms with Crippen molar-refractivity contribution in [2.45, 2.75) is 6.54 Å². The fraction of sp³-hybridized carbons (Fsp3) is 0.133. The molecule has 5 nitrogen and oxygen atoms in total. The number of pyridine rings is 1. The standard InChI is InChI=1S/C15H14ClN3O2/c1-17-14(20)11-4-2-10(3-5-11)9-19-15(21)12-6-7-18-13(16)8-12/h2-8H,9H2,1H3,(H,17,20)(H,19,21). The molecule has 1 aromatic heterocycles. The van der Waals surface area contributed by atoms with Crippen molar-refractivity contribution in [1.29, 1.82) is 0 Å². The van der Waals surface area contributed by atoms with Crippen LogP contribution in [0, 0.1) is 0 Å². The van der Waals surface area contributed by atoms with Crippen LogP contribution in [0.4, 0.5) is 0 Å². The number of benzene rings is 1. The molecule has 0 bridgehead atoms. The zero-order valence-electron chi connectivity index (χ0n) is 11.4. The largest absolute Gasteiger partial charge is 0.355 e. The van der Waals surface area contributed by atoms with E-state index in [4.69, 9.17) is 11.6 Å². The second-order valence-electron chi connectivity index (χ2n) is 4.33. The average Bonchev–Trinajstić information content (AvgIpc) is 2.52. The Balaban J connectivity index is 1.97. The van der Waals surface area contributed by atoms with Gasteiger partial charge >= 0.3 is 0 Å². The first-order valence-electron chi connectivity index (χ1n) is 6.31. The van der Waals surface area contributed by atoms with Gasteiger partial charge in [-0.3, -0.25) is 9.59 Å². The number of nitrogens with zero attached hydrogens (tertiary/aromatic N) is 1. The Labute approximate surface area is 127 Å². The smallest absolute Gasteiger partial charge is 0.251 e. The lowest BCUT2D eigenvalue weighted by atomic mass is 10.1. The maximum atomic E-state index is 11.9. The summed E-state index contributed by atoms with van der Waals surface area (Å²) in [6.45, 7) is 0.368. The first kappa shape index (κ1) is 15.0. The minimum Gasteiger partial charge on any atom is -0.355 e. The van der Waals surface area contributed by atoms with E-state index in [1.807, 2.05) is 0 Å². The molecule has 0 fully saturated rings. The lowest BCUT2D eigenvalue weighted by Crippen LogP contribution is -2.23.